The van der Waals surface area contributed by atoms with Crippen LogP contribution < -0.4 is 15.0 Å². The molecule has 3 aromatic rings. The second-order valence-electron chi connectivity index (χ2n) is 11.1. The van der Waals surface area contributed by atoms with Gasteiger partial charge < -0.3 is 19.9 Å². The molecule has 0 spiro atoms. The van der Waals surface area contributed by atoms with Gasteiger partial charge in [0.2, 0.25) is 5.91 Å². The van der Waals surface area contributed by atoms with E-state index >= 15 is 0 Å². The second-order valence-corrected chi connectivity index (χ2v) is 12.0. The summed E-state index contributed by atoms with van der Waals surface area (Å²) in [6.07, 6.45) is 8.34. The third kappa shape index (κ3) is 6.21. The summed E-state index contributed by atoms with van der Waals surface area (Å²) in [4.78, 5) is 30.3. The number of nitrogens with one attached hydrogen (secondary N) is 1. The lowest BCUT2D eigenvalue weighted by atomic mass is 10.1. The number of hydrogen-bond donors (Lipinski definition) is 1. The van der Waals surface area contributed by atoms with E-state index in [1.165, 1.54) is 30.7 Å². The molecule has 1 aromatic carbocycles. The second kappa shape index (κ2) is 12.2. The first-order valence-corrected chi connectivity index (χ1v) is 15.4. The van der Waals surface area contributed by atoms with E-state index in [0.717, 1.165) is 86.8 Å². The van der Waals surface area contributed by atoms with E-state index in [2.05, 4.69) is 37.5 Å². The smallest absolute Gasteiger partial charge is 0.222 e. The predicted molar refractivity (Wildman–Crippen MR) is 157 cm³/mol. The van der Waals surface area contributed by atoms with Crippen LogP contribution in [0.25, 0.3) is 10.9 Å². The Hall–Kier alpha value is -2.75. The molecular formula is C30H40N6O2S. The summed E-state index contributed by atoms with van der Waals surface area (Å²) >= 11 is 1.77. The number of pyridine rings is 1. The number of ether oxygens (including phenoxy) is 1. The number of nitrogens with zero attached hydrogens (tertiary/aromatic N) is 5. The van der Waals surface area contributed by atoms with Crippen LogP contribution in [0.4, 0.5) is 5.69 Å². The number of fused-ring (bicyclic) bond motifs is 1. The minimum absolute atomic E-state index is 0.00646. The van der Waals surface area contributed by atoms with Crippen LogP contribution in [0.2, 0.25) is 0 Å². The maximum Gasteiger partial charge on any atom is 0.222 e. The van der Waals surface area contributed by atoms with Crippen molar-refractivity contribution in [3.8, 4) is 5.75 Å². The molecule has 9 heteroatoms. The molecule has 0 bridgehead atoms. The number of likely N-dealkylation sites (tertiary alicyclic amines) is 1. The van der Waals surface area contributed by atoms with E-state index in [1.807, 2.05) is 18.3 Å². The molecule has 1 atom stereocenters. The Morgan fingerprint density at radius 1 is 1.10 bits per heavy atom. The summed E-state index contributed by atoms with van der Waals surface area (Å²) in [5, 5.41) is 7.78. The van der Waals surface area contributed by atoms with Gasteiger partial charge in [0.05, 0.1) is 29.4 Å². The first-order valence-electron chi connectivity index (χ1n) is 14.5. The predicted octanol–water partition coefficient (Wildman–Crippen LogP) is 4.43. The molecule has 1 amide bonds. The van der Waals surface area contributed by atoms with Crippen LogP contribution in [0, 0.1) is 0 Å². The van der Waals surface area contributed by atoms with Crippen molar-refractivity contribution in [3.05, 3.63) is 46.5 Å². The van der Waals surface area contributed by atoms with Crippen molar-refractivity contribution in [2.24, 2.45) is 0 Å². The highest BCUT2D eigenvalue weighted by Crippen LogP contribution is 2.43. The van der Waals surface area contributed by atoms with Gasteiger partial charge in [0.15, 0.2) is 0 Å². The molecule has 6 rings (SSSR count). The lowest BCUT2D eigenvalue weighted by Gasteiger charge is -2.30. The van der Waals surface area contributed by atoms with Crippen LogP contribution in [0.15, 0.2) is 35.8 Å². The molecule has 8 nitrogen and oxygen atoms in total. The number of thiazole rings is 1. The number of amides is 1. The molecule has 3 aliphatic rings. The number of methoxy groups -OCH3 is 1. The van der Waals surface area contributed by atoms with Crippen molar-refractivity contribution in [2.45, 2.75) is 50.5 Å². The highest BCUT2D eigenvalue weighted by molar-refractivity contribution is 7.09. The fraction of sp³-hybridized carbons (Fsp3) is 0.567. The summed E-state index contributed by atoms with van der Waals surface area (Å²) in [6, 6.07) is 8.20. The van der Waals surface area contributed by atoms with Gasteiger partial charge in [0, 0.05) is 68.6 Å². The highest BCUT2D eigenvalue weighted by Gasteiger charge is 2.32. The largest absolute Gasteiger partial charge is 0.494 e. The van der Waals surface area contributed by atoms with Gasteiger partial charge in [0.25, 0.3) is 0 Å². The van der Waals surface area contributed by atoms with Gasteiger partial charge in [-0.3, -0.25) is 14.7 Å². The van der Waals surface area contributed by atoms with Crippen molar-refractivity contribution in [3.63, 3.8) is 0 Å². The third-order valence-corrected chi connectivity index (χ3v) is 9.38. The Kier molecular flexibility index (Phi) is 8.27. The van der Waals surface area contributed by atoms with Gasteiger partial charge >= 0.3 is 0 Å². The van der Waals surface area contributed by atoms with Crippen LogP contribution >= 0.6 is 11.3 Å². The standard InChI is InChI=1S/C30H40N6O2S/c1-38-26-10-9-22-6-4-11-32-28(22)29(26)36-16-5-15-35(18-19-36)25(24-21-39-30(33-24)23-7-8-23)20-27(37)31-12-17-34-13-2-3-14-34/h4,6,9-11,21,23,25H,2-3,5,7-8,12-20H2,1H3,(H,31,37)/t25-/m1/s1. The van der Waals surface area contributed by atoms with E-state index < -0.39 is 0 Å². The van der Waals surface area contributed by atoms with Crippen LogP contribution in [0.1, 0.15) is 61.2 Å². The molecule has 1 N–H and O–H groups in total. The first-order chi connectivity index (χ1) is 19.2. The van der Waals surface area contributed by atoms with E-state index in [9.17, 15) is 4.79 Å². The van der Waals surface area contributed by atoms with Gasteiger partial charge in [-0.1, -0.05) is 6.07 Å². The first kappa shape index (κ1) is 26.5. The Morgan fingerprint density at radius 3 is 2.79 bits per heavy atom. The molecule has 2 aromatic heterocycles. The SMILES string of the molecule is COc1ccc2cccnc2c1N1CCCN([C@H](CC(=O)NCCN2CCCC2)c2csc(C3CC3)n2)CC1. The molecule has 208 valence electrons. The molecule has 39 heavy (non-hydrogen) atoms. The van der Waals surface area contributed by atoms with E-state index in [1.54, 1.807) is 18.4 Å². The van der Waals surface area contributed by atoms with Crippen LogP contribution in [0.3, 0.4) is 0 Å². The molecule has 2 aliphatic heterocycles. The number of benzene rings is 1. The lowest BCUT2D eigenvalue weighted by molar-refractivity contribution is -0.122. The summed E-state index contributed by atoms with van der Waals surface area (Å²) in [6.45, 7) is 7.52. The zero-order valence-corrected chi connectivity index (χ0v) is 23.8. The Balaban J connectivity index is 1.18. The van der Waals surface area contributed by atoms with Crippen molar-refractivity contribution in [2.75, 3.05) is 64.4 Å². The normalized spacial score (nSPS) is 19.8. The van der Waals surface area contributed by atoms with Crippen LogP contribution in [0.5, 0.6) is 5.75 Å². The number of carbonyl (C=O) groups excluding carboxylic acids is 1. The third-order valence-electron chi connectivity index (χ3n) is 8.35. The minimum atomic E-state index is -0.00646. The zero-order chi connectivity index (χ0) is 26.6. The average Bonchev–Trinajstić information content (AvgIpc) is 3.55. The lowest BCUT2D eigenvalue weighted by Crippen LogP contribution is -2.38. The summed E-state index contributed by atoms with van der Waals surface area (Å²) in [7, 11) is 1.73. The number of anilines is 1. The summed E-state index contributed by atoms with van der Waals surface area (Å²) in [5.41, 5.74) is 3.11. The summed E-state index contributed by atoms with van der Waals surface area (Å²) < 4.78 is 5.79. The molecule has 1 saturated carbocycles. The number of carbonyl (C=O) groups is 1. The number of rotatable bonds is 10. The molecule has 2 saturated heterocycles. The maximum atomic E-state index is 13.2. The van der Waals surface area contributed by atoms with Crippen LogP contribution in [-0.2, 0) is 4.79 Å². The Labute approximate surface area is 235 Å². The molecule has 0 unspecified atom stereocenters. The quantitative estimate of drug-likeness (QED) is 0.402. The Bertz CT molecular complexity index is 1270. The van der Waals surface area contributed by atoms with E-state index in [4.69, 9.17) is 14.7 Å². The average molecular weight is 549 g/mol. The van der Waals surface area contributed by atoms with Gasteiger partial charge in [0.1, 0.15) is 11.4 Å². The topological polar surface area (TPSA) is 73.8 Å². The van der Waals surface area contributed by atoms with Crippen molar-refractivity contribution >= 4 is 33.8 Å². The minimum Gasteiger partial charge on any atom is -0.494 e. The van der Waals surface area contributed by atoms with Crippen molar-refractivity contribution < 1.29 is 9.53 Å². The van der Waals surface area contributed by atoms with E-state index in [-0.39, 0.29) is 11.9 Å². The molecule has 4 heterocycles. The molecular weight excluding hydrogens is 508 g/mol. The monoisotopic (exact) mass is 548 g/mol. The molecule has 3 fully saturated rings. The van der Waals surface area contributed by atoms with Gasteiger partial charge in [-0.15, -0.1) is 11.3 Å². The van der Waals surface area contributed by atoms with Gasteiger partial charge in [-0.05, 0) is 63.4 Å². The van der Waals surface area contributed by atoms with Crippen molar-refractivity contribution in [1.82, 2.24) is 25.1 Å². The fourth-order valence-corrected chi connectivity index (χ4v) is 7.09. The zero-order valence-electron chi connectivity index (χ0n) is 23.0. The number of aromatic nitrogens is 2. The molecule has 0 radical (unpaired) electrons. The van der Waals surface area contributed by atoms with Crippen molar-refractivity contribution in [1.29, 1.82) is 0 Å². The van der Waals surface area contributed by atoms with E-state index in [0.29, 0.717) is 12.3 Å². The van der Waals surface area contributed by atoms with Crippen LogP contribution in [-0.4, -0.2) is 85.1 Å². The fourth-order valence-electron chi connectivity index (χ4n) is 6.05. The highest BCUT2D eigenvalue weighted by atomic mass is 32.1. The number of hydrogen-bond acceptors (Lipinski definition) is 8. The molecule has 1 aliphatic carbocycles. The maximum absolute atomic E-state index is 13.2. The van der Waals surface area contributed by atoms with Gasteiger partial charge in [-0.2, -0.15) is 0 Å². The van der Waals surface area contributed by atoms with Gasteiger partial charge in [-0.25, -0.2) is 4.98 Å². The summed E-state index contributed by atoms with van der Waals surface area (Å²) in [5.74, 6) is 1.61. The Morgan fingerprint density at radius 2 is 1.97 bits per heavy atom.